The average Bonchev–Trinajstić information content (AvgIpc) is 2.68. The van der Waals surface area contributed by atoms with Crippen molar-refractivity contribution >= 4 is 27.3 Å². The summed E-state index contributed by atoms with van der Waals surface area (Å²) in [5, 5.41) is 8.82. The predicted octanol–water partition coefficient (Wildman–Crippen LogP) is 0.918. The number of carbonyl (C=O) groups is 1. The molecule has 0 aliphatic heterocycles. The Morgan fingerprint density at radius 1 is 1.65 bits per heavy atom. The summed E-state index contributed by atoms with van der Waals surface area (Å²) in [7, 11) is -3.78. The second-order valence-electron chi connectivity index (χ2n) is 4.66. The van der Waals surface area contributed by atoms with Crippen LogP contribution in [0, 0.1) is 5.41 Å². The molecule has 2 N–H and O–H groups in total. The molecule has 8 heteroatoms. The zero-order valence-corrected chi connectivity index (χ0v) is 10.9. The van der Waals surface area contributed by atoms with Crippen LogP contribution in [-0.4, -0.2) is 30.5 Å². The van der Waals surface area contributed by atoms with Crippen molar-refractivity contribution in [1.29, 1.82) is 0 Å². The molecule has 17 heavy (non-hydrogen) atoms. The molecule has 0 bridgehead atoms. The van der Waals surface area contributed by atoms with Gasteiger partial charge < -0.3 is 5.11 Å². The molecule has 1 heterocycles. The molecule has 0 amide bonds. The summed E-state index contributed by atoms with van der Waals surface area (Å²) < 4.78 is 26.2. The number of thiazole rings is 1. The zero-order chi connectivity index (χ0) is 12.8. The van der Waals surface area contributed by atoms with Crippen molar-refractivity contribution in [2.24, 2.45) is 5.41 Å². The molecule has 94 valence electrons. The Hall–Kier alpha value is -0.990. The number of nitrogens with one attached hydrogen (secondary N) is 1. The molecule has 0 spiro atoms. The third-order valence-corrected chi connectivity index (χ3v) is 5.63. The second-order valence-corrected chi connectivity index (χ2v) is 7.42. The van der Waals surface area contributed by atoms with Crippen LogP contribution in [0.5, 0.6) is 0 Å². The fraction of sp³-hybridized carbons (Fsp3) is 0.556. The van der Waals surface area contributed by atoms with E-state index in [4.69, 9.17) is 5.11 Å². The van der Waals surface area contributed by atoms with E-state index in [1.165, 1.54) is 5.51 Å². The molecule has 1 saturated carbocycles. The molecular weight excluding hydrogens is 264 g/mol. The maximum absolute atomic E-state index is 12.0. The molecule has 1 unspecified atom stereocenters. The number of aromatic carboxylic acids is 1. The zero-order valence-electron chi connectivity index (χ0n) is 9.30. The highest BCUT2D eigenvalue weighted by atomic mass is 32.2. The second kappa shape index (κ2) is 3.76. The van der Waals surface area contributed by atoms with Crippen LogP contribution in [0.3, 0.4) is 0 Å². The summed E-state index contributed by atoms with van der Waals surface area (Å²) in [5.74, 6) is -1.33. The monoisotopic (exact) mass is 276 g/mol. The highest BCUT2D eigenvalue weighted by Crippen LogP contribution is 2.45. The molecule has 0 radical (unpaired) electrons. The summed E-state index contributed by atoms with van der Waals surface area (Å²) in [4.78, 5) is 14.4. The molecule has 1 fully saturated rings. The number of hydrogen-bond acceptors (Lipinski definition) is 5. The summed E-state index contributed by atoms with van der Waals surface area (Å²) >= 11 is 0.812. The standard InChI is InChI=1S/C9H12N2O4S2/c1-9(2)3-5(9)11-17(14,15)8-6(7(12)13)10-4-16-8/h4-5,11H,3H2,1-2H3,(H,12,13). The van der Waals surface area contributed by atoms with Crippen LogP contribution in [0.1, 0.15) is 30.8 Å². The predicted molar refractivity (Wildman–Crippen MR) is 61.6 cm³/mol. The van der Waals surface area contributed by atoms with Crippen LogP contribution in [0.25, 0.3) is 0 Å². The smallest absolute Gasteiger partial charge is 0.356 e. The third kappa shape index (κ3) is 2.33. The first-order valence-electron chi connectivity index (χ1n) is 4.93. The molecule has 1 aliphatic carbocycles. The number of carboxylic acids is 1. The van der Waals surface area contributed by atoms with Gasteiger partial charge in [0.15, 0.2) is 9.90 Å². The van der Waals surface area contributed by atoms with Crippen LogP contribution in [0.4, 0.5) is 0 Å². The lowest BCUT2D eigenvalue weighted by molar-refractivity contribution is 0.0687. The van der Waals surface area contributed by atoms with Gasteiger partial charge in [-0.05, 0) is 11.8 Å². The van der Waals surface area contributed by atoms with Crippen molar-refractivity contribution in [3.63, 3.8) is 0 Å². The molecule has 1 aromatic rings. The minimum atomic E-state index is -3.78. The first-order chi connectivity index (χ1) is 7.74. The molecular formula is C9H12N2O4S2. The maximum atomic E-state index is 12.0. The van der Waals surface area contributed by atoms with Crippen LogP contribution in [-0.2, 0) is 10.0 Å². The SMILES string of the molecule is CC1(C)CC1NS(=O)(=O)c1scnc1C(=O)O. The minimum Gasteiger partial charge on any atom is -0.476 e. The minimum absolute atomic E-state index is 0.0544. The first kappa shape index (κ1) is 12.5. The van der Waals surface area contributed by atoms with E-state index in [-0.39, 0.29) is 15.7 Å². The van der Waals surface area contributed by atoms with E-state index in [0.29, 0.717) is 0 Å². The van der Waals surface area contributed by atoms with Gasteiger partial charge >= 0.3 is 5.97 Å². The fourth-order valence-corrected chi connectivity index (χ4v) is 4.04. The van der Waals surface area contributed by atoms with Crippen LogP contribution < -0.4 is 4.72 Å². The summed E-state index contributed by atoms with van der Waals surface area (Å²) in [6, 6.07) is -0.128. The number of carboxylic acid groups (broad SMARTS) is 1. The van der Waals surface area contributed by atoms with E-state index in [1.807, 2.05) is 13.8 Å². The molecule has 0 aromatic carbocycles. The lowest BCUT2D eigenvalue weighted by Gasteiger charge is -2.06. The van der Waals surface area contributed by atoms with Crippen molar-refractivity contribution < 1.29 is 18.3 Å². The van der Waals surface area contributed by atoms with Gasteiger partial charge in [-0.3, -0.25) is 0 Å². The van der Waals surface area contributed by atoms with E-state index >= 15 is 0 Å². The Labute approximate surface area is 103 Å². The van der Waals surface area contributed by atoms with Gasteiger partial charge in [0.1, 0.15) is 0 Å². The molecule has 1 atom stereocenters. The van der Waals surface area contributed by atoms with Crippen LogP contribution in [0.2, 0.25) is 0 Å². The van der Waals surface area contributed by atoms with E-state index < -0.39 is 21.7 Å². The van der Waals surface area contributed by atoms with Gasteiger partial charge in [0, 0.05) is 6.04 Å². The Kier molecular flexibility index (Phi) is 2.75. The molecule has 1 aliphatic rings. The number of nitrogens with zero attached hydrogens (tertiary/aromatic N) is 1. The highest BCUT2D eigenvalue weighted by Gasteiger charge is 2.48. The Morgan fingerprint density at radius 2 is 2.24 bits per heavy atom. The first-order valence-corrected chi connectivity index (χ1v) is 7.29. The van der Waals surface area contributed by atoms with Gasteiger partial charge in [-0.15, -0.1) is 11.3 Å². The quantitative estimate of drug-likeness (QED) is 0.852. The number of rotatable bonds is 4. The molecule has 0 saturated heterocycles. The number of aromatic nitrogens is 1. The Balaban J connectivity index is 2.27. The summed E-state index contributed by atoms with van der Waals surface area (Å²) in [6.07, 6.45) is 0.757. The average molecular weight is 276 g/mol. The van der Waals surface area contributed by atoms with Crippen LogP contribution in [0.15, 0.2) is 9.72 Å². The number of hydrogen-bond donors (Lipinski definition) is 2. The van der Waals surface area contributed by atoms with E-state index in [2.05, 4.69) is 9.71 Å². The Morgan fingerprint density at radius 3 is 2.71 bits per heavy atom. The van der Waals surface area contributed by atoms with E-state index in [1.54, 1.807) is 0 Å². The van der Waals surface area contributed by atoms with Gasteiger partial charge in [0.2, 0.25) is 0 Å². The van der Waals surface area contributed by atoms with Gasteiger partial charge in [-0.2, -0.15) is 0 Å². The summed E-state index contributed by atoms with van der Waals surface area (Å²) in [5.41, 5.74) is 0.748. The van der Waals surface area contributed by atoms with Crippen molar-refractivity contribution in [2.75, 3.05) is 0 Å². The summed E-state index contributed by atoms with van der Waals surface area (Å²) in [6.45, 7) is 3.90. The van der Waals surface area contributed by atoms with Crippen molar-refractivity contribution in [1.82, 2.24) is 9.71 Å². The molecule has 6 nitrogen and oxygen atoms in total. The van der Waals surface area contributed by atoms with Crippen LogP contribution >= 0.6 is 11.3 Å². The lowest BCUT2D eigenvalue weighted by atomic mass is 10.2. The van der Waals surface area contributed by atoms with Gasteiger partial charge in [0.25, 0.3) is 10.0 Å². The highest BCUT2D eigenvalue weighted by molar-refractivity contribution is 7.91. The van der Waals surface area contributed by atoms with Gasteiger partial charge in [-0.1, -0.05) is 13.8 Å². The lowest BCUT2D eigenvalue weighted by Crippen LogP contribution is -2.29. The van der Waals surface area contributed by atoms with Crippen molar-refractivity contribution in [2.45, 2.75) is 30.5 Å². The van der Waals surface area contributed by atoms with Gasteiger partial charge in [-0.25, -0.2) is 22.9 Å². The van der Waals surface area contributed by atoms with Crippen molar-refractivity contribution in [3.05, 3.63) is 11.2 Å². The number of sulfonamides is 1. The largest absolute Gasteiger partial charge is 0.476 e. The molecule has 1 aromatic heterocycles. The Bertz CT molecular complexity index is 561. The van der Waals surface area contributed by atoms with E-state index in [0.717, 1.165) is 17.8 Å². The topological polar surface area (TPSA) is 96.4 Å². The van der Waals surface area contributed by atoms with Gasteiger partial charge in [0.05, 0.1) is 5.51 Å². The fourth-order valence-electron chi connectivity index (χ4n) is 1.48. The third-order valence-electron chi connectivity index (χ3n) is 2.79. The van der Waals surface area contributed by atoms with E-state index in [9.17, 15) is 13.2 Å². The normalized spacial score (nSPS) is 22.4. The molecule has 2 rings (SSSR count). The maximum Gasteiger partial charge on any atom is 0.356 e. The van der Waals surface area contributed by atoms with Crippen molar-refractivity contribution in [3.8, 4) is 0 Å².